The van der Waals surface area contributed by atoms with Crippen molar-refractivity contribution in [1.82, 2.24) is 4.98 Å². The molecule has 0 spiro atoms. The molecule has 21 heavy (non-hydrogen) atoms. The molecule has 2 aromatic rings. The van der Waals surface area contributed by atoms with E-state index in [2.05, 4.69) is 25.7 Å². The third-order valence-electron chi connectivity index (χ3n) is 2.39. The van der Waals surface area contributed by atoms with Crippen molar-refractivity contribution in [3.8, 4) is 17.4 Å². The van der Waals surface area contributed by atoms with Gasteiger partial charge in [-0.05, 0) is 45.8 Å². The molecule has 0 bridgehead atoms. The average Bonchev–Trinajstić information content (AvgIpc) is 2.41. The number of nitrogens with two attached hydrogens (primary N) is 1. The van der Waals surface area contributed by atoms with E-state index < -0.39 is 6.36 Å². The highest BCUT2D eigenvalue weighted by Crippen LogP contribution is 2.34. The minimum absolute atomic E-state index is 0.118. The summed E-state index contributed by atoms with van der Waals surface area (Å²) in [4.78, 5) is 3.99. The van der Waals surface area contributed by atoms with E-state index in [1.54, 1.807) is 12.1 Å². The molecule has 0 aliphatic carbocycles. The number of benzene rings is 1. The van der Waals surface area contributed by atoms with Crippen LogP contribution in [0.5, 0.6) is 17.4 Å². The second kappa shape index (κ2) is 6.31. The van der Waals surface area contributed by atoms with Gasteiger partial charge in [-0.25, -0.2) is 4.98 Å². The van der Waals surface area contributed by atoms with E-state index in [0.717, 1.165) is 11.6 Å². The summed E-state index contributed by atoms with van der Waals surface area (Å²) in [5.41, 5.74) is 6.33. The predicted molar refractivity (Wildman–Crippen MR) is 73.0 cm³/mol. The Morgan fingerprint density at radius 3 is 2.57 bits per heavy atom. The van der Waals surface area contributed by atoms with Gasteiger partial charge in [0.15, 0.2) is 0 Å². The number of hydrogen-bond donors (Lipinski definition) is 1. The second-order valence-corrected chi connectivity index (χ2v) is 4.80. The summed E-state index contributed by atoms with van der Waals surface area (Å²) in [5.74, 6) is 0.269. The molecule has 0 aliphatic heterocycles. The molecule has 0 aliphatic rings. The lowest BCUT2D eigenvalue weighted by molar-refractivity contribution is -0.274. The summed E-state index contributed by atoms with van der Waals surface area (Å²) in [5, 5.41) is 0. The summed E-state index contributed by atoms with van der Waals surface area (Å²) in [7, 11) is 0. The van der Waals surface area contributed by atoms with Crippen LogP contribution in [0.2, 0.25) is 0 Å². The van der Waals surface area contributed by atoms with Gasteiger partial charge in [0.05, 0.1) is 4.47 Å². The molecule has 2 rings (SSSR count). The van der Waals surface area contributed by atoms with E-state index >= 15 is 0 Å². The summed E-state index contributed by atoms with van der Waals surface area (Å²) in [6.45, 7) is 0.334. The number of ether oxygens (including phenoxy) is 2. The first kappa shape index (κ1) is 15.6. The van der Waals surface area contributed by atoms with Gasteiger partial charge in [-0.3, -0.25) is 0 Å². The van der Waals surface area contributed by atoms with Gasteiger partial charge in [0.25, 0.3) is 0 Å². The van der Waals surface area contributed by atoms with Gasteiger partial charge in [0.1, 0.15) is 11.5 Å². The van der Waals surface area contributed by atoms with E-state index in [4.69, 9.17) is 10.5 Å². The highest BCUT2D eigenvalue weighted by molar-refractivity contribution is 9.10. The van der Waals surface area contributed by atoms with Crippen LogP contribution in [0.1, 0.15) is 5.56 Å². The fourth-order valence-corrected chi connectivity index (χ4v) is 1.95. The number of alkyl halides is 3. The minimum atomic E-state index is -4.75. The molecule has 2 N–H and O–H groups in total. The topological polar surface area (TPSA) is 57.4 Å². The van der Waals surface area contributed by atoms with Gasteiger partial charge in [-0.15, -0.1) is 13.2 Å². The fraction of sp³-hybridized carbons (Fsp3) is 0.154. The highest BCUT2D eigenvalue weighted by Gasteiger charge is 2.32. The first-order valence-electron chi connectivity index (χ1n) is 5.75. The van der Waals surface area contributed by atoms with Gasteiger partial charge >= 0.3 is 6.36 Å². The van der Waals surface area contributed by atoms with Crippen LogP contribution in [0.4, 0.5) is 13.2 Å². The number of aromatic nitrogens is 1. The number of nitrogens with zero attached hydrogens (tertiary/aromatic N) is 1. The monoisotopic (exact) mass is 362 g/mol. The number of hydrogen-bond acceptors (Lipinski definition) is 4. The normalized spacial score (nSPS) is 11.3. The number of halogens is 4. The van der Waals surface area contributed by atoms with E-state index in [1.807, 2.05) is 0 Å². The zero-order valence-electron chi connectivity index (χ0n) is 10.5. The third kappa shape index (κ3) is 4.61. The lowest BCUT2D eigenvalue weighted by Crippen LogP contribution is -2.17. The van der Waals surface area contributed by atoms with Crippen molar-refractivity contribution in [3.05, 3.63) is 46.6 Å². The lowest BCUT2D eigenvalue weighted by atomic mass is 10.3. The molecule has 0 saturated carbocycles. The van der Waals surface area contributed by atoms with Gasteiger partial charge < -0.3 is 15.2 Å². The van der Waals surface area contributed by atoms with E-state index in [0.29, 0.717) is 18.2 Å². The Kier molecular flexibility index (Phi) is 4.69. The van der Waals surface area contributed by atoms with E-state index in [9.17, 15) is 13.2 Å². The van der Waals surface area contributed by atoms with Crippen LogP contribution in [0.3, 0.4) is 0 Å². The third-order valence-corrected chi connectivity index (χ3v) is 3.01. The van der Waals surface area contributed by atoms with E-state index in [-0.39, 0.29) is 10.2 Å². The standard InChI is InChI=1S/C13H10BrF3N2O2/c14-10-6-9(1-2-11(10)21-13(15,16)17)20-12-5-8(7-18)3-4-19-12/h1-6H,7,18H2. The molecule has 4 nitrogen and oxygen atoms in total. The Hall–Kier alpha value is -1.80. The minimum Gasteiger partial charge on any atom is -0.439 e. The molecule has 0 fully saturated rings. The van der Waals surface area contributed by atoms with Crippen LogP contribution in [0.25, 0.3) is 0 Å². The molecule has 8 heteroatoms. The lowest BCUT2D eigenvalue weighted by Gasteiger charge is -2.12. The largest absolute Gasteiger partial charge is 0.573 e. The Bertz CT molecular complexity index is 635. The molecule has 112 valence electrons. The molecular weight excluding hydrogens is 353 g/mol. The maximum Gasteiger partial charge on any atom is 0.573 e. The average molecular weight is 363 g/mol. The molecule has 1 aromatic carbocycles. The first-order chi connectivity index (χ1) is 9.87. The maximum atomic E-state index is 12.2. The van der Waals surface area contributed by atoms with Crippen molar-refractivity contribution in [2.45, 2.75) is 12.9 Å². The van der Waals surface area contributed by atoms with Crippen molar-refractivity contribution in [2.75, 3.05) is 0 Å². The highest BCUT2D eigenvalue weighted by atomic mass is 79.9. The van der Waals surface area contributed by atoms with Crippen LogP contribution in [-0.2, 0) is 6.54 Å². The summed E-state index contributed by atoms with van der Waals surface area (Å²) < 4.78 is 45.9. The summed E-state index contributed by atoms with van der Waals surface area (Å²) in [6.07, 6.45) is -3.21. The zero-order valence-corrected chi connectivity index (χ0v) is 12.1. The molecule has 1 aromatic heterocycles. The molecular formula is C13H10BrF3N2O2. The summed E-state index contributed by atoms with van der Waals surface area (Å²) >= 11 is 3.00. The van der Waals surface area contributed by atoms with Crippen LogP contribution < -0.4 is 15.2 Å². The van der Waals surface area contributed by atoms with E-state index in [1.165, 1.54) is 18.3 Å². The van der Waals surface area contributed by atoms with Crippen molar-refractivity contribution in [1.29, 1.82) is 0 Å². The number of pyridine rings is 1. The molecule has 0 amide bonds. The number of rotatable bonds is 4. The van der Waals surface area contributed by atoms with Gasteiger partial charge in [0.2, 0.25) is 5.88 Å². The van der Waals surface area contributed by atoms with Crippen LogP contribution >= 0.6 is 15.9 Å². The Balaban J connectivity index is 2.16. The van der Waals surface area contributed by atoms with Crippen molar-refractivity contribution >= 4 is 15.9 Å². The van der Waals surface area contributed by atoms with Crippen LogP contribution in [0, 0.1) is 0 Å². The molecule has 0 radical (unpaired) electrons. The SMILES string of the molecule is NCc1ccnc(Oc2ccc(OC(F)(F)F)c(Br)c2)c1. The Morgan fingerprint density at radius 2 is 1.95 bits per heavy atom. The molecule has 1 heterocycles. The zero-order chi connectivity index (χ0) is 15.5. The fourth-order valence-electron chi connectivity index (χ4n) is 1.51. The maximum absolute atomic E-state index is 12.2. The van der Waals surface area contributed by atoms with Gasteiger partial charge in [0, 0.05) is 18.8 Å². The van der Waals surface area contributed by atoms with Crippen LogP contribution in [0.15, 0.2) is 41.0 Å². The quantitative estimate of drug-likeness (QED) is 0.893. The van der Waals surface area contributed by atoms with Crippen LogP contribution in [-0.4, -0.2) is 11.3 Å². The summed E-state index contributed by atoms with van der Waals surface area (Å²) in [6, 6.07) is 7.25. The Labute approximate surface area is 126 Å². The van der Waals surface area contributed by atoms with Crippen molar-refractivity contribution in [3.63, 3.8) is 0 Å². The Morgan fingerprint density at radius 1 is 1.19 bits per heavy atom. The van der Waals surface area contributed by atoms with Crippen molar-refractivity contribution in [2.24, 2.45) is 5.73 Å². The smallest absolute Gasteiger partial charge is 0.439 e. The molecule has 0 atom stereocenters. The molecule has 0 unspecified atom stereocenters. The van der Waals surface area contributed by atoms with Gasteiger partial charge in [-0.1, -0.05) is 0 Å². The van der Waals surface area contributed by atoms with Gasteiger partial charge in [-0.2, -0.15) is 0 Å². The van der Waals surface area contributed by atoms with Crippen molar-refractivity contribution < 1.29 is 22.6 Å². The predicted octanol–water partition coefficient (Wildman–Crippen LogP) is 3.99. The molecule has 0 saturated heterocycles. The first-order valence-corrected chi connectivity index (χ1v) is 6.55. The second-order valence-electron chi connectivity index (χ2n) is 3.95.